The summed E-state index contributed by atoms with van der Waals surface area (Å²) in [6, 6.07) is 12.3. The molecule has 0 aliphatic carbocycles. The number of piperidine rings is 2. The van der Waals surface area contributed by atoms with Crippen molar-refractivity contribution >= 4 is 35.3 Å². The zero-order valence-corrected chi connectivity index (χ0v) is 28.6. The largest absolute Gasteiger partial charge is 0.436 e. The second kappa shape index (κ2) is 15.3. The summed E-state index contributed by atoms with van der Waals surface area (Å²) in [4.78, 5) is 48.8. The number of amides is 4. The van der Waals surface area contributed by atoms with Crippen LogP contribution in [0.5, 0.6) is 0 Å². The minimum Gasteiger partial charge on any atom is -0.436 e. The van der Waals surface area contributed by atoms with E-state index in [0.29, 0.717) is 63.1 Å². The first-order valence-corrected chi connectivity index (χ1v) is 17.7. The normalized spacial score (nSPS) is 21.0. The van der Waals surface area contributed by atoms with Crippen LogP contribution < -0.4 is 10.6 Å². The van der Waals surface area contributed by atoms with Crippen LogP contribution in [0.1, 0.15) is 54.4 Å². The minimum atomic E-state index is -0.922. The van der Waals surface area contributed by atoms with Crippen LogP contribution in [-0.4, -0.2) is 115 Å². The summed E-state index contributed by atoms with van der Waals surface area (Å²) < 4.78 is 6.09. The molecule has 4 heterocycles. The van der Waals surface area contributed by atoms with Crippen LogP contribution in [0, 0.1) is 13.8 Å². The van der Waals surface area contributed by atoms with Gasteiger partial charge in [0.25, 0.3) is 5.91 Å². The number of para-hydroxylation sites is 1. The number of fused-ring (bicyclic) bond motifs is 1. The fourth-order valence-corrected chi connectivity index (χ4v) is 7.84. The van der Waals surface area contributed by atoms with E-state index in [1.807, 2.05) is 54.0 Å². The van der Waals surface area contributed by atoms with Crippen molar-refractivity contribution < 1.29 is 19.1 Å². The number of hydrogen-bond acceptors (Lipinski definition) is 6. The van der Waals surface area contributed by atoms with Gasteiger partial charge in [-0.15, -0.1) is 0 Å². The summed E-state index contributed by atoms with van der Waals surface area (Å²) in [5, 5.41) is 7.25. The first kappa shape index (κ1) is 33.6. The smallest absolute Gasteiger partial charge is 0.410 e. The predicted octanol–water partition coefficient (Wildman–Crippen LogP) is 4.85. The molecule has 3 saturated heterocycles. The van der Waals surface area contributed by atoms with Crippen molar-refractivity contribution in [2.45, 2.75) is 77.0 Å². The molecule has 0 spiro atoms. The van der Waals surface area contributed by atoms with Crippen LogP contribution in [0.3, 0.4) is 0 Å². The van der Waals surface area contributed by atoms with Crippen molar-refractivity contribution in [2.75, 3.05) is 64.2 Å². The van der Waals surface area contributed by atoms with Gasteiger partial charge in [0.2, 0.25) is 0 Å². The molecule has 1 atom stereocenters. The third kappa shape index (κ3) is 8.04. The van der Waals surface area contributed by atoms with Gasteiger partial charge in [-0.1, -0.05) is 41.9 Å². The van der Waals surface area contributed by atoms with Crippen LogP contribution in [0.2, 0.25) is 5.02 Å². The number of benzene rings is 2. The molecule has 254 valence electrons. The van der Waals surface area contributed by atoms with E-state index in [4.69, 9.17) is 16.3 Å². The number of carbonyl (C=O) groups excluding carboxylic acids is 3. The second-order valence-electron chi connectivity index (χ2n) is 13.6. The molecule has 2 aromatic carbocycles. The van der Waals surface area contributed by atoms with Crippen molar-refractivity contribution in [3.63, 3.8) is 0 Å². The van der Waals surface area contributed by atoms with E-state index in [1.54, 1.807) is 4.90 Å². The Balaban J connectivity index is 1.08. The highest BCUT2D eigenvalue weighted by Crippen LogP contribution is 2.27. The lowest BCUT2D eigenvalue weighted by Crippen LogP contribution is -2.52. The molecule has 0 unspecified atom stereocenters. The molecule has 2 aromatic rings. The average Bonchev–Trinajstić information content (AvgIpc) is 3.46. The monoisotopic (exact) mass is 664 g/mol. The van der Waals surface area contributed by atoms with Gasteiger partial charge in [0.15, 0.2) is 6.10 Å². The van der Waals surface area contributed by atoms with Crippen molar-refractivity contribution in [3.8, 4) is 0 Å². The molecular weight excluding hydrogens is 616 g/mol. The van der Waals surface area contributed by atoms with E-state index >= 15 is 0 Å². The maximum atomic E-state index is 14.0. The molecule has 4 amide bonds. The van der Waals surface area contributed by atoms with E-state index in [1.165, 1.54) is 0 Å². The summed E-state index contributed by atoms with van der Waals surface area (Å²) in [7, 11) is 0. The fraction of sp³-hybridized carbons (Fsp3) is 0.583. The van der Waals surface area contributed by atoms with Gasteiger partial charge in [-0.3, -0.25) is 9.69 Å². The molecule has 11 heteroatoms. The van der Waals surface area contributed by atoms with Crippen LogP contribution >= 0.6 is 11.6 Å². The number of anilines is 1. The molecule has 0 bridgehead atoms. The van der Waals surface area contributed by atoms with E-state index in [-0.39, 0.29) is 18.0 Å². The number of likely N-dealkylation sites (tertiary alicyclic amines) is 2. The van der Waals surface area contributed by atoms with E-state index < -0.39 is 12.2 Å². The van der Waals surface area contributed by atoms with Crippen LogP contribution in [-0.2, 0) is 22.4 Å². The van der Waals surface area contributed by atoms with Crippen molar-refractivity contribution in [3.05, 3.63) is 63.7 Å². The van der Waals surface area contributed by atoms with Gasteiger partial charge in [0.05, 0.1) is 0 Å². The highest BCUT2D eigenvalue weighted by Gasteiger charge is 2.36. The summed E-state index contributed by atoms with van der Waals surface area (Å²) in [5.41, 5.74) is 4.81. The van der Waals surface area contributed by atoms with Crippen molar-refractivity contribution in [1.29, 1.82) is 0 Å². The minimum absolute atomic E-state index is 0.0343. The number of hydrogen-bond donors (Lipinski definition) is 2. The Morgan fingerprint density at radius 3 is 2.32 bits per heavy atom. The topological polar surface area (TPSA) is 97.5 Å². The number of ether oxygens (including phenoxy) is 1. The summed E-state index contributed by atoms with van der Waals surface area (Å²) in [5.74, 6) is -0.129. The Bertz CT molecular complexity index is 1410. The predicted molar refractivity (Wildman–Crippen MR) is 184 cm³/mol. The van der Waals surface area contributed by atoms with Gasteiger partial charge in [-0.05, 0) is 93.8 Å². The first-order valence-electron chi connectivity index (χ1n) is 17.4. The van der Waals surface area contributed by atoms with Crippen molar-refractivity contribution in [1.82, 2.24) is 24.9 Å². The van der Waals surface area contributed by atoms with Gasteiger partial charge < -0.3 is 30.1 Å². The lowest BCUT2D eigenvalue weighted by Gasteiger charge is -2.40. The number of carbonyl (C=O) groups is 3. The van der Waals surface area contributed by atoms with Gasteiger partial charge >= 0.3 is 12.1 Å². The Morgan fingerprint density at radius 2 is 1.57 bits per heavy atom. The molecule has 4 aliphatic rings. The maximum Gasteiger partial charge on any atom is 0.410 e. The maximum absolute atomic E-state index is 14.0. The summed E-state index contributed by atoms with van der Waals surface area (Å²) in [6.07, 6.45) is 4.01. The number of nitrogens with one attached hydrogen (secondary N) is 2. The third-order valence-corrected chi connectivity index (χ3v) is 11.0. The quantitative estimate of drug-likeness (QED) is 0.459. The lowest BCUT2D eigenvalue weighted by atomic mass is 9.99. The zero-order valence-electron chi connectivity index (χ0n) is 27.8. The molecule has 0 aromatic heterocycles. The lowest BCUT2D eigenvalue weighted by molar-refractivity contribution is -0.142. The van der Waals surface area contributed by atoms with Crippen LogP contribution in [0.25, 0.3) is 0 Å². The first-order chi connectivity index (χ1) is 22.8. The Morgan fingerprint density at radius 1 is 0.894 bits per heavy atom. The van der Waals surface area contributed by atoms with Gasteiger partial charge in [-0.2, -0.15) is 0 Å². The van der Waals surface area contributed by atoms with Crippen LogP contribution in [0.15, 0.2) is 36.4 Å². The van der Waals surface area contributed by atoms with Crippen molar-refractivity contribution in [2.24, 2.45) is 0 Å². The molecular formula is C36H49ClN6O4. The number of halogens is 1. The molecule has 0 saturated carbocycles. The second-order valence-corrected chi connectivity index (χ2v) is 13.9. The van der Waals surface area contributed by atoms with Gasteiger partial charge in [0.1, 0.15) is 0 Å². The zero-order chi connectivity index (χ0) is 32.9. The van der Waals surface area contributed by atoms with E-state index in [2.05, 4.69) is 21.6 Å². The molecule has 6 rings (SSSR count). The van der Waals surface area contributed by atoms with Gasteiger partial charge in [-0.25, -0.2) is 9.59 Å². The Kier molecular flexibility index (Phi) is 10.9. The number of nitrogens with zero attached hydrogens (tertiary/aromatic N) is 4. The van der Waals surface area contributed by atoms with E-state index in [0.717, 1.165) is 79.8 Å². The van der Waals surface area contributed by atoms with E-state index in [9.17, 15) is 14.4 Å². The molecule has 2 N–H and O–H groups in total. The molecule has 3 fully saturated rings. The molecule has 0 radical (unpaired) electrons. The highest BCUT2D eigenvalue weighted by molar-refractivity contribution is 6.32. The highest BCUT2D eigenvalue weighted by atomic mass is 35.5. The average molecular weight is 665 g/mol. The summed E-state index contributed by atoms with van der Waals surface area (Å²) >= 11 is 6.45. The Labute approximate surface area is 283 Å². The van der Waals surface area contributed by atoms with Gasteiger partial charge in [0, 0.05) is 75.0 Å². The summed E-state index contributed by atoms with van der Waals surface area (Å²) in [6.45, 7) is 11.0. The number of urea groups is 1. The fourth-order valence-electron chi connectivity index (χ4n) is 7.73. The molecule has 10 nitrogen and oxygen atoms in total. The number of aryl methyl sites for hydroxylation is 2. The van der Waals surface area contributed by atoms with Crippen LogP contribution in [0.4, 0.5) is 15.3 Å². The Hall–Kier alpha value is -3.34. The number of rotatable bonds is 6. The molecule has 4 aliphatic heterocycles. The standard InChI is InChI=1S/C36H49ClN6O4/c1-25-22-27(23-26(2)33(25)37)24-32(34(44)41-16-9-29(10-17-41)40-15-5-13-38-14-21-40)47-36(46)42-18-11-30(12-19-42)43-20-8-28-6-3-4-7-31(28)39-35(43)45/h3-4,6-7,22-23,29-30,32,38H,5,8-21,24H2,1-2H3,(H,39,45)/t32-/m1/s1. The SMILES string of the molecule is Cc1cc(C[C@@H](OC(=O)N2CCC(N3CCc4ccccc4NC3=O)CC2)C(=O)N2CCC(N3CCCNCC3)CC2)cc(C)c1Cl. The third-order valence-electron chi connectivity index (χ3n) is 10.4. The molecule has 47 heavy (non-hydrogen) atoms.